The summed E-state index contributed by atoms with van der Waals surface area (Å²) in [6.45, 7) is 40.3. The fourth-order valence-electron chi connectivity index (χ4n) is 21.4. The highest BCUT2D eigenvalue weighted by Gasteiger charge is 2.47. The van der Waals surface area contributed by atoms with E-state index in [0.29, 0.717) is 0 Å². The van der Waals surface area contributed by atoms with Gasteiger partial charge in [-0.25, -0.2) is 0 Å². The maximum Gasteiger partial charge on any atom is 0.252 e. The highest BCUT2D eigenvalue weighted by Crippen LogP contribution is 2.55. The van der Waals surface area contributed by atoms with Gasteiger partial charge in [-0.3, -0.25) is 0 Å². The van der Waals surface area contributed by atoms with Crippen LogP contribution >= 0.6 is 0 Å². The van der Waals surface area contributed by atoms with Crippen LogP contribution in [0.25, 0.3) is 111 Å². The molecule has 0 fully saturated rings. The Labute approximate surface area is 680 Å². The normalized spacial score (nSPS) is 15.7. The molecule has 0 amide bonds. The number of aromatic nitrogens is 2. The van der Waals surface area contributed by atoms with Gasteiger partial charge >= 0.3 is 0 Å². The van der Waals surface area contributed by atoms with E-state index in [4.69, 9.17) is 0 Å². The molecule has 2 aromatic heterocycles. The quantitative estimate of drug-likeness (QED) is 0.134. The molecule has 4 nitrogen and oxygen atoms in total. The number of hydrogen-bond acceptors (Lipinski definition) is 2. The molecular formula is C110H103BN4. The lowest BCUT2D eigenvalue weighted by Crippen LogP contribution is -2.61. The zero-order chi connectivity index (χ0) is 79.5. The summed E-state index contributed by atoms with van der Waals surface area (Å²) in [5, 5.41) is 4.95. The molecule has 0 spiro atoms. The second-order valence-electron chi connectivity index (χ2n) is 39.6. The van der Waals surface area contributed by atoms with Gasteiger partial charge in [0.2, 0.25) is 0 Å². The molecule has 14 aromatic carbocycles. The molecule has 0 atom stereocenters. The number of hydrogen-bond donors (Lipinski definition) is 0. The predicted molar refractivity (Wildman–Crippen MR) is 494 cm³/mol. The minimum atomic E-state index is -0.198. The van der Waals surface area contributed by atoms with Crippen LogP contribution in [0.3, 0.4) is 0 Å². The first-order chi connectivity index (χ1) is 54.8. The van der Waals surface area contributed by atoms with Crippen molar-refractivity contribution in [3.05, 3.63) is 330 Å². The lowest BCUT2D eigenvalue weighted by molar-refractivity contribution is 0.402. The van der Waals surface area contributed by atoms with Crippen molar-refractivity contribution in [3.8, 4) is 67.0 Å². The summed E-state index contributed by atoms with van der Waals surface area (Å²) in [7, 11) is 0. The van der Waals surface area contributed by atoms with Crippen LogP contribution in [0.2, 0.25) is 0 Å². The summed E-state index contributed by atoms with van der Waals surface area (Å²) in [5.41, 5.74) is 39.5. The van der Waals surface area contributed by atoms with Gasteiger partial charge in [-0.2, -0.15) is 0 Å². The summed E-state index contributed by atoms with van der Waals surface area (Å²) >= 11 is 0. The molecule has 0 saturated carbocycles. The third-order valence-electron chi connectivity index (χ3n) is 26.7. The minimum Gasteiger partial charge on any atom is -0.311 e. The van der Waals surface area contributed by atoms with Crippen molar-refractivity contribution < 1.29 is 0 Å². The van der Waals surface area contributed by atoms with E-state index in [1.54, 1.807) is 0 Å². The van der Waals surface area contributed by atoms with Crippen LogP contribution < -0.4 is 26.2 Å². The third-order valence-corrected chi connectivity index (χ3v) is 26.7. The third kappa shape index (κ3) is 11.7. The van der Waals surface area contributed by atoms with Crippen molar-refractivity contribution >= 4 is 101 Å². The van der Waals surface area contributed by atoms with Gasteiger partial charge < -0.3 is 18.9 Å². The highest BCUT2D eigenvalue weighted by molar-refractivity contribution is 7.00. The van der Waals surface area contributed by atoms with Crippen LogP contribution in [-0.2, 0) is 37.9 Å². The monoisotopic (exact) mass is 1490 g/mol. The lowest BCUT2D eigenvalue weighted by Gasteiger charge is -2.45. The van der Waals surface area contributed by atoms with Gasteiger partial charge in [-0.15, -0.1) is 0 Å². The number of nitrogens with zero attached hydrogens (tertiary/aromatic N) is 4. The molecule has 566 valence electrons. The standard InChI is InChI=1S/C110H103BN4/c1-104(2,3)77-41-54-97-86(61-77)87-62-78(105(4,5)6)42-55-98(87)115(97)82-64-101-103-102(65-82)113(80-45-34-71(35-46-80)75-37-49-90-92(59-75)110(16,17)67-108(90,12)13)100-63-81(114-95-52-39-72(68-26-20-18-21-27-68)56-84(95)85-57-73(40-53-96(85)114)69-28-22-19-23-29-69)47-51-94(100)111(103)93-50-38-76(83-30-24-25-31-88(83)106(7,8)9)60-99(93)112(101)79-43-32-70(33-44-79)74-36-48-89-91(58-74)109(14,15)66-107(89,10)11/h18-65H,66-67H2,1-17H3. The Balaban J connectivity index is 0.885. The first-order valence-corrected chi connectivity index (χ1v) is 41.8. The Kier molecular flexibility index (Phi) is 16.0. The predicted octanol–water partition coefficient (Wildman–Crippen LogP) is 28.1. The topological polar surface area (TPSA) is 16.3 Å². The first kappa shape index (κ1) is 72.3. The van der Waals surface area contributed by atoms with Crippen LogP contribution in [0.1, 0.15) is 169 Å². The zero-order valence-corrected chi connectivity index (χ0v) is 70.0. The number of fused-ring (bicyclic) bond motifs is 12. The van der Waals surface area contributed by atoms with Crippen molar-refractivity contribution in [2.75, 3.05) is 9.80 Å². The van der Waals surface area contributed by atoms with E-state index in [0.717, 1.165) is 63.7 Å². The molecule has 0 bridgehead atoms. The number of benzene rings is 14. The van der Waals surface area contributed by atoms with Crippen LogP contribution in [0.5, 0.6) is 0 Å². The van der Waals surface area contributed by atoms with Crippen molar-refractivity contribution in [3.63, 3.8) is 0 Å². The summed E-state index contributed by atoms with van der Waals surface area (Å²) < 4.78 is 5.15. The van der Waals surface area contributed by atoms with Gasteiger partial charge in [0, 0.05) is 61.4 Å². The molecule has 0 radical (unpaired) electrons. The maximum absolute atomic E-state index is 2.66. The zero-order valence-electron chi connectivity index (χ0n) is 70.0. The van der Waals surface area contributed by atoms with Crippen LogP contribution in [0, 0.1) is 0 Å². The summed E-state index contributed by atoms with van der Waals surface area (Å²) in [6, 6.07) is 114. The Bertz CT molecular complexity index is 6530. The van der Waals surface area contributed by atoms with Gasteiger partial charge in [0.1, 0.15) is 0 Å². The van der Waals surface area contributed by atoms with Gasteiger partial charge in [0.15, 0.2) is 0 Å². The molecule has 4 heterocycles. The molecular weight excluding hydrogens is 1390 g/mol. The second-order valence-corrected chi connectivity index (χ2v) is 39.6. The van der Waals surface area contributed by atoms with E-state index in [1.807, 2.05) is 0 Å². The first-order valence-electron chi connectivity index (χ1n) is 41.8. The van der Waals surface area contributed by atoms with Crippen molar-refractivity contribution in [1.82, 2.24) is 9.13 Å². The lowest BCUT2D eigenvalue weighted by atomic mass is 9.33. The second kappa shape index (κ2) is 25.4. The van der Waals surface area contributed by atoms with E-state index in [1.165, 1.54) is 149 Å². The van der Waals surface area contributed by atoms with Crippen molar-refractivity contribution in [2.24, 2.45) is 0 Å². The number of anilines is 6. The Morgan fingerprint density at radius 1 is 0.261 bits per heavy atom. The molecule has 0 unspecified atom stereocenters. The van der Waals surface area contributed by atoms with Gasteiger partial charge in [0.25, 0.3) is 6.71 Å². The molecule has 20 rings (SSSR count). The van der Waals surface area contributed by atoms with Gasteiger partial charge in [-0.1, -0.05) is 306 Å². The van der Waals surface area contributed by atoms with Crippen molar-refractivity contribution in [2.45, 2.75) is 168 Å². The molecule has 0 N–H and O–H groups in total. The molecule has 4 aliphatic rings. The van der Waals surface area contributed by atoms with E-state index in [9.17, 15) is 0 Å². The van der Waals surface area contributed by atoms with Gasteiger partial charge in [-0.05, 0) is 265 Å². The highest BCUT2D eigenvalue weighted by atomic mass is 15.2. The molecule has 16 aromatic rings. The van der Waals surface area contributed by atoms with Crippen molar-refractivity contribution in [1.29, 1.82) is 0 Å². The average Bonchev–Trinajstić information content (AvgIpc) is 1.36. The van der Waals surface area contributed by atoms with Crippen LogP contribution in [-0.4, -0.2) is 15.8 Å². The van der Waals surface area contributed by atoms with E-state index in [2.05, 4.69) is 428 Å². The molecule has 115 heavy (non-hydrogen) atoms. The van der Waals surface area contributed by atoms with Crippen LogP contribution in [0.15, 0.2) is 291 Å². The minimum absolute atomic E-state index is 0.0551. The molecule has 2 aliphatic heterocycles. The summed E-state index contributed by atoms with van der Waals surface area (Å²) in [5.74, 6) is 0. The van der Waals surface area contributed by atoms with Gasteiger partial charge in [0.05, 0.1) is 27.8 Å². The Morgan fingerprint density at radius 2 is 0.609 bits per heavy atom. The van der Waals surface area contributed by atoms with Crippen LogP contribution in [0.4, 0.5) is 34.1 Å². The summed E-state index contributed by atoms with van der Waals surface area (Å²) in [4.78, 5) is 5.31. The fourth-order valence-corrected chi connectivity index (χ4v) is 21.4. The molecule has 5 heteroatoms. The number of rotatable bonds is 9. The van der Waals surface area contributed by atoms with E-state index in [-0.39, 0.29) is 44.6 Å². The summed E-state index contributed by atoms with van der Waals surface area (Å²) in [6.07, 6.45) is 2.24. The molecule has 0 saturated heterocycles. The van der Waals surface area contributed by atoms with E-state index < -0.39 is 0 Å². The SMILES string of the molecule is CC(C)(C)c1ccc2c(c1)c1cc(C(C)(C)C)ccc1n2-c1cc2c3c(c1)N(c1ccc(-c4ccc5c(c4)C(C)(C)CC5(C)C)cc1)c1cc(-n4c5ccc(-c6ccccc6)cc5c5cc(-c6ccccc6)ccc54)ccc1B3c1ccc(-c3ccccc3C(C)(C)C)cc1N2c1ccc(-c2ccc3c(c2)C(C)(C)CC3(C)C)cc1. The maximum atomic E-state index is 2.66. The Hall–Kier alpha value is -11.7. The fraction of sp³-hybridized carbons (Fsp3) is 0.236. The van der Waals surface area contributed by atoms with E-state index >= 15 is 0 Å². The molecule has 2 aliphatic carbocycles. The Morgan fingerprint density at radius 3 is 1.07 bits per heavy atom. The largest absolute Gasteiger partial charge is 0.311 e. The average molecular weight is 1490 g/mol. The smallest absolute Gasteiger partial charge is 0.252 e.